The van der Waals surface area contributed by atoms with Gasteiger partial charge < -0.3 is 15.0 Å². The van der Waals surface area contributed by atoms with Crippen LogP contribution in [0.4, 0.5) is 10.1 Å². The van der Waals surface area contributed by atoms with Crippen LogP contribution in [0, 0.1) is 12.7 Å². The molecule has 0 saturated carbocycles. The van der Waals surface area contributed by atoms with Crippen molar-refractivity contribution >= 4 is 28.5 Å². The number of nitrogens with one attached hydrogen (secondary N) is 2. The second-order valence-corrected chi connectivity index (χ2v) is 5.34. The number of rotatable bonds is 3. The van der Waals surface area contributed by atoms with Crippen molar-refractivity contribution in [3.63, 3.8) is 0 Å². The highest BCUT2D eigenvalue weighted by atomic mass is 19.1. The number of amides is 1. The maximum absolute atomic E-state index is 13.2. The van der Waals surface area contributed by atoms with Gasteiger partial charge in [0.05, 0.1) is 12.7 Å². The molecule has 2 N–H and O–H groups in total. The lowest BCUT2D eigenvalue weighted by atomic mass is 10.1. The van der Waals surface area contributed by atoms with E-state index in [2.05, 4.69) is 10.3 Å². The number of fused-ring (bicyclic) bond motifs is 1. The Labute approximate surface area is 137 Å². The summed E-state index contributed by atoms with van der Waals surface area (Å²) in [6.45, 7) is 1.72. The van der Waals surface area contributed by atoms with Crippen LogP contribution in [0.3, 0.4) is 0 Å². The van der Waals surface area contributed by atoms with Crippen LogP contribution in [0.1, 0.15) is 26.4 Å². The summed E-state index contributed by atoms with van der Waals surface area (Å²) < 4.78 is 18.0. The van der Waals surface area contributed by atoms with Gasteiger partial charge in [-0.25, -0.2) is 9.18 Å². The monoisotopic (exact) mass is 326 g/mol. The Balaban J connectivity index is 1.90. The largest absolute Gasteiger partial charge is 0.465 e. The molecule has 0 aliphatic heterocycles. The van der Waals surface area contributed by atoms with Gasteiger partial charge in [0, 0.05) is 16.6 Å². The standard InChI is InChI=1S/C18H15FN2O3/c1-10-13(18(23)24-2)4-3-5-14(10)21-17(22)16-9-11-8-12(19)6-7-15(11)20-16/h3-9,20H,1-2H3,(H,21,22). The molecule has 1 aromatic heterocycles. The fraction of sp³-hybridized carbons (Fsp3) is 0.111. The number of hydrogen-bond acceptors (Lipinski definition) is 3. The van der Waals surface area contributed by atoms with Crippen molar-refractivity contribution in [1.29, 1.82) is 0 Å². The van der Waals surface area contributed by atoms with E-state index in [4.69, 9.17) is 4.74 Å². The molecule has 122 valence electrons. The number of carbonyl (C=O) groups is 2. The Morgan fingerprint density at radius 3 is 2.71 bits per heavy atom. The molecule has 3 rings (SSSR count). The van der Waals surface area contributed by atoms with Crippen LogP contribution >= 0.6 is 0 Å². The molecule has 3 aromatic rings. The molecule has 0 spiro atoms. The first-order valence-electron chi connectivity index (χ1n) is 7.27. The Hall–Kier alpha value is -3.15. The van der Waals surface area contributed by atoms with Crippen LogP contribution in [-0.2, 0) is 4.74 Å². The van der Waals surface area contributed by atoms with E-state index in [9.17, 15) is 14.0 Å². The SMILES string of the molecule is COC(=O)c1cccc(NC(=O)c2cc3cc(F)ccc3[nH]2)c1C. The van der Waals surface area contributed by atoms with Gasteiger partial charge in [-0.2, -0.15) is 0 Å². The number of esters is 1. The normalized spacial score (nSPS) is 10.6. The fourth-order valence-corrected chi connectivity index (χ4v) is 2.52. The van der Waals surface area contributed by atoms with Crippen molar-refractivity contribution < 1.29 is 18.7 Å². The van der Waals surface area contributed by atoms with Gasteiger partial charge >= 0.3 is 5.97 Å². The predicted octanol–water partition coefficient (Wildman–Crippen LogP) is 3.65. The van der Waals surface area contributed by atoms with Gasteiger partial charge in [0.25, 0.3) is 5.91 Å². The average molecular weight is 326 g/mol. The summed E-state index contributed by atoms with van der Waals surface area (Å²) in [5.41, 5.74) is 2.47. The van der Waals surface area contributed by atoms with E-state index in [0.717, 1.165) is 0 Å². The molecule has 0 fully saturated rings. The van der Waals surface area contributed by atoms with Crippen LogP contribution in [0.2, 0.25) is 0 Å². The number of benzene rings is 2. The van der Waals surface area contributed by atoms with E-state index < -0.39 is 5.97 Å². The van der Waals surface area contributed by atoms with E-state index in [0.29, 0.717) is 33.4 Å². The summed E-state index contributed by atoms with van der Waals surface area (Å²) in [7, 11) is 1.30. The van der Waals surface area contributed by atoms with E-state index in [-0.39, 0.29) is 11.7 Å². The minimum absolute atomic E-state index is 0.304. The van der Waals surface area contributed by atoms with E-state index in [1.807, 2.05) is 0 Å². The van der Waals surface area contributed by atoms with Crippen molar-refractivity contribution in [3.05, 3.63) is 65.1 Å². The Morgan fingerprint density at radius 1 is 1.17 bits per heavy atom. The molecule has 1 amide bonds. The maximum atomic E-state index is 13.2. The molecular weight excluding hydrogens is 311 g/mol. The zero-order valence-electron chi connectivity index (χ0n) is 13.1. The van der Waals surface area contributed by atoms with Crippen molar-refractivity contribution in [3.8, 4) is 0 Å². The Kier molecular flexibility index (Phi) is 4.04. The minimum Gasteiger partial charge on any atom is -0.465 e. The van der Waals surface area contributed by atoms with Crippen molar-refractivity contribution in [2.75, 3.05) is 12.4 Å². The summed E-state index contributed by atoms with van der Waals surface area (Å²) in [5, 5.41) is 3.36. The predicted molar refractivity (Wildman–Crippen MR) is 88.7 cm³/mol. The van der Waals surface area contributed by atoms with Crippen molar-refractivity contribution in [1.82, 2.24) is 4.98 Å². The highest BCUT2D eigenvalue weighted by molar-refractivity contribution is 6.07. The number of hydrogen-bond donors (Lipinski definition) is 2. The molecule has 0 aliphatic rings. The number of aromatic nitrogens is 1. The number of carbonyl (C=O) groups excluding carboxylic acids is 2. The van der Waals surface area contributed by atoms with E-state index >= 15 is 0 Å². The molecule has 0 aliphatic carbocycles. The molecule has 0 bridgehead atoms. The third-order valence-electron chi connectivity index (χ3n) is 3.81. The molecule has 0 radical (unpaired) electrons. The average Bonchev–Trinajstić information content (AvgIpc) is 2.99. The highest BCUT2D eigenvalue weighted by Crippen LogP contribution is 2.22. The van der Waals surface area contributed by atoms with Gasteiger partial charge in [-0.3, -0.25) is 4.79 Å². The lowest BCUT2D eigenvalue weighted by molar-refractivity contribution is 0.0599. The first-order chi connectivity index (χ1) is 11.5. The first kappa shape index (κ1) is 15.7. The van der Waals surface area contributed by atoms with Crippen LogP contribution in [0.25, 0.3) is 10.9 Å². The first-order valence-corrected chi connectivity index (χ1v) is 7.27. The number of aromatic amines is 1. The summed E-state index contributed by atoms with van der Waals surface area (Å²) >= 11 is 0. The number of halogens is 1. The summed E-state index contributed by atoms with van der Waals surface area (Å²) in [6.07, 6.45) is 0. The van der Waals surface area contributed by atoms with Crippen molar-refractivity contribution in [2.45, 2.75) is 6.92 Å². The fourth-order valence-electron chi connectivity index (χ4n) is 2.52. The molecule has 1 heterocycles. The summed E-state index contributed by atoms with van der Waals surface area (Å²) in [6, 6.07) is 10.8. The highest BCUT2D eigenvalue weighted by Gasteiger charge is 2.15. The molecule has 0 unspecified atom stereocenters. The Morgan fingerprint density at radius 2 is 1.96 bits per heavy atom. The Bertz CT molecular complexity index is 947. The molecule has 0 saturated heterocycles. The zero-order valence-corrected chi connectivity index (χ0v) is 13.1. The third-order valence-corrected chi connectivity index (χ3v) is 3.81. The molecule has 0 atom stereocenters. The summed E-state index contributed by atoms with van der Waals surface area (Å²) in [5.74, 6) is -1.21. The van der Waals surface area contributed by atoms with Crippen LogP contribution < -0.4 is 5.32 Å². The second kappa shape index (κ2) is 6.16. The van der Waals surface area contributed by atoms with E-state index in [1.54, 1.807) is 37.3 Å². The van der Waals surface area contributed by atoms with Gasteiger partial charge in [0.15, 0.2) is 0 Å². The third kappa shape index (κ3) is 2.86. The lowest BCUT2D eigenvalue weighted by Gasteiger charge is -2.10. The topological polar surface area (TPSA) is 71.2 Å². The molecule has 6 heteroatoms. The van der Waals surface area contributed by atoms with Gasteiger partial charge in [-0.05, 0) is 48.9 Å². The smallest absolute Gasteiger partial charge is 0.338 e. The van der Waals surface area contributed by atoms with Crippen LogP contribution in [-0.4, -0.2) is 24.0 Å². The van der Waals surface area contributed by atoms with Gasteiger partial charge in [0.2, 0.25) is 0 Å². The van der Waals surface area contributed by atoms with E-state index in [1.165, 1.54) is 19.2 Å². The quantitative estimate of drug-likeness (QED) is 0.722. The number of methoxy groups -OCH3 is 1. The van der Waals surface area contributed by atoms with Crippen LogP contribution in [0.15, 0.2) is 42.5 Å². The summed E-state index contributed by atoms with van der Waals surface area (Å²) in [4.78, 5) is 27.1. The van der Waals surface area contributed by atoms with Crippen LogP contribution in [0.5, 0.6) is 0 Å². The van der Waals surface area contributed by atoms with Gasteiger partial charge in [0.1, 0.15) is 11.5 Å². The molecular formula is C18H15FN2O3. The van der Waals surface area contributed by atoms with Gasteiger partial charge in [-0.1, -0.05) is 6.07 Å². The number of anilines is 1. The lowest BCUT2D eigenvalue weighted by Crippen LogP contribution is -2.14. The number of ether oxygens (including phenoxy) is 1. The molecule has 24 heavy (non-hydrogen) atoms. The van der Waals surface area contributed by atoms with Crippen molar-refractivity contribution in [2.24, 2.45) is 0 Å². The molecule has 2 aromatic carbocycles. The second-order valence-electron chi connectivity index (χ2n) is 5.34. The number of H-pyrrole nitrogens is 1. The molecule has 5 nitrogen and oxygen atoms in total. The zero-order chi connectivity index (χ0) is 17.3. The maximum Gasteiger partial charge on any atom is 0.338 e. The minimum atomic E-state index is -0.468. The van der Waals surface area contributed by atoms with Gasteiger partial charge in [-0.15, -0.1) is 0 Å².